The second-order valence-electron chi connectivity index (χ2n) is 17.8. The fraction of sp³-hybridized carbons (Fsp3) is 0.236. The van der Waals surface area contributed by atoms with Gasteiger partial charge in [0.2, 0.25) is 0 Å². The number of phenolic OH excluding ortho intramolecular Hbond substituents is 1. The van der Waals surface area contributed by atoms with Crippen LogP contribution in [0.5, 0.6) is 5.75 Å². The van der Waals surface area contributed by atoms with Gasteiger partial charge in [-0.3, -0.25) is 9.55 Å². The molecule has 0 aliphatic carbocycles. The van der Waals surface area contributed by atoms with E-state index < -0.39 is 5.89 Å². The average Bonchev–Trinajstić information content (AvgIpc) is 3.61. The number of hydrogen-bond acceptors (Lipinski definition) is 3. The van der Waals surface area contributed by atoms with Gasteiger partial charge in [0.15, 0.2) is 0 Å². The van der Waals surface area contributed by atoms with Crippen molar-refractivity contribution < 1.29 is 6.48 Å². The van der Waals surface area contributed by atoms with Crippen LogP contribution in [-0.4, -0.2) is 19.6 Å². The molecule has 4 heteroatoms. The van der Waals surface area contributed by atoms with Crippen molar-refractivity contribution in [1.82, 2.24) is 14.5 Å². The van der Waals surface area contributed by atoms with E-state index in [0.717, 1.165) is 84.5 Å². The van der Waals surface area contributed by atoms with Crippen LogP contribution < -0.4 is 0 Å². The number of rotatable bonds is 9. The zero-order chi connectivity index (χ0) is 42.5. The van der Waals surface area contributed by atoms with Gasteiger partial charge in [-0.05, 0) is 136 Å². The van der Waals surface area contributed by atoms with E-state index in [1.54, 1.807) is 0 Å². The Morgan fingerprint density at radius 2 is 1.41 bits per heavy atom. The number of phenols is 1. The number of pyridine rings is 1. The Morgan fingerprint density at radius 3 is 2.12 bits per heavy atom. The number of aromatic hydroxyl groups is 1. The molecular formula is C55H55N3O. The molecule has 0 radical (unpaired) electrons. The van der Waals surface area contributed by atoms with Gasteiger partial charge in [0, 0.05) is 24.3 Å². The minimum atomic E-state index is -0.660. The third-order valence-electron chi connectivity index (χ3n) is 11.4. The average molecular weight is 775 g/mol. The fourth-order valence-electron chi connectivity index (χ4n) is 8.24. The molecule has 1 N–H and O–H groups in total. The number of hydrogen-bond donors (Lipinski definition) is 1. The van der Waals surface area contributed by atoms with Crippen LogP contribution in [0.4, 0.5) is 0 Å². The summed E-state index contributed by atoms with van der Waals surface area (Å²) in [6.07, 6.45) is 2.86. The monoisotopic (exact) mass is 774 g/mol. The number of fused-ring (bicyclic) bond motifs is 1. The number of aryl methyl sites for hydroxylation is 2. The zero-order valence-electron chi connectivity index (χ0n) is 36.9. The van der Waals surface area contributed by atoms with E-state index in [1.165, 1.54) is 11.1 Å². The Bertz CT molecular complexity index is 2860. The Hall–Kier alpha value is -6.26. The van der Waals surface area contributed by atoms with Crippen molar-refractivity contribution in [2.24, 2.45) is 5.92 Å². The maximum atomic E-state index is 11.8. The maximum Gasteiger partial charge on any atom is 0.149 e. The molecule has 0 atom stereocenters. The molecule has 8 rings (SSSR count). The van der Waals surface area contributed by atoms with Crippen LogP contribution in [0, 0.1) is 19.8 Å². The lowest BCUT2D eigenvalue weighted by Gasteiger charge is -2.22. The Morgan fingerprint density at radius 1 is 0.661 bits per heavy atom. The first-order valence-electron chi connectivity index (χ1n) is 21.3. The van der Waals surface area contributed by atoms with Crippen LogP contribution in [0.3, 0.4) is 0 Å². The highest BCUT2D eigenvalue weighted by Gasteiger charge is 2.24. The van der Waals surface area contributed by atoms with Crippen molar-refractivity contribution in [2.45, 2.75) is 80.0 Å². The zero-order valence-corrected chi connectivity index (χ0v) is 35.9. The first-order valence-corrected chi connectivity index (χ1v) is 20.8. The lowest BCUT2D eigenvalue weighted by atomic mass is 9.83. The molecule has 0 aliphatic rings. The number of aromatic nitrogens is 3. The Labute approximate surface area is 351 Å². The summed E-state index contributed by atoms with van der Waals surface area (Å²) in [6.45, 7) is 19.1. The molecule has 0 saturated heterocycles. The van der Waals surface area contributed by atoms with Gasteiger partial charge in [-0.15, -0.1) is 0 Å². The van der Waals surface area contributed by atoms with Gasteiger partial charge in [-0.1, -0.05) is 133 Å². The van der Waals surface area contributed by atoms with E-state index in [2.05, 4.69) is 167 Å². The molecule has 0 saturated carbocycles. The van der Waals surface area contributed by atoms with Crippen molar-refractivity contribution in [1.29, 1.82) is 0 Å². The van der Waals surface area contributed by atoms with Crippen LogP contribution in [-0.2, 0) is 11.8 Å². The van der Waals surface area contributed by atoms with Gasteiger partial charge < -0.3 is 5.11 Å². The summed E-state index contributed by atoms with van der Waals surface area (Å²) in [5, 5.41) is 11.8. The third kappa shape index (κ3) is 7.97. The van der Waals surface area contributed by atoms with Crippen molar-refractivity contribution >= 4 is 11.0 Å². The normalized spacial score (nSPS) is 12.3. The molecule has 0 aliphatic heterocycles. The molecule has 0 bridgehead atoms. The second-order valence-corrected chi connectivity index (χ2v) is 17.8. The van der Waals surface area contributed by atoms with Crippen LogP contribution >= 0.6 is 0 Å². The lowest BCUT2D eigenvalue weighted by Crippen LogP contribution is -2.11. The quantitative estimate of drug-likeness (QED) is 0.159. The highest BCUT2D eigenvalue weighted by atomic mass is 16.3. The van der Waals surface area contributed by atoms with Crippen molar-refractivity contribution in [3.05, 3.63) is 167 Å². The van der Waals surface area contributed by atoms with Gasteiger partial charge in [-0.25, -0.2) is 4.98 Å². The highest BCUT2D eigenvalue weighted by Crippen LogP contribution is 2.43. The second kappa shape index (κ2) is 15.8. The molecule has 59 heavy (non-hydrogen) atoms. The van der Waals surface area contributed by atoms with Crippen LogP contribution in [0.1, 0.15) is 83.5 Å². The van der Waals surface area contributed by atoms with Crippen LogP contribution in [0.25, 0.3) is 72.7 Å². The van der Waals surface area contributed by atoms with Gasteiger partial charge in [-0.2, -0.15) is 0 Å². The SMILES string of the molecule is [2H]C(C)(C)c1ccc(-c2ccnc(-c3cc(-c4cccc5c4nc(-c4cc(C)cc(C)c4O)n5-c4ccc(CC(C)C)cc4-c4ccccc4)cc(C(C)(C)C)c3)c2)cc1. The number of nitrogens with zero attached hydrogens (tertiary/aromatic N) is 3. The summed E-state index contributed by atoms with van der Waals surface area (Å²) in [5.41, 5.74) is 17.1. The smallest absolute Gasteiger partial charge is 0.149 e. The standard InChI is InChI=1S/C55H55N3O/c1-34(2)26-38-18-23-50(47(29-38)41-14-11-10-12-15-41)58-51-17-13-16-46(52(51)57-54(58)48-28-36(5)27-37(6)53(48)59)43-30-44(32-45(31-43)55(7,8)9)49-33-42(24-25-56-49)40-21-19-39(20-22-40)35(3)4/h10-25,27-35,59H,26H2,1-9H3/i35D. The molecule has 2 aromatic heterocycles. The minimum absolute atomic E-state index is 0.146. The van der Waals surface area contributed by atoms with Crippen LogP contribution in [0.15, 0.2) is 140 Å². The van der Waals surface area contributed by atoms with Crippen molar-refractivity contribution in [3.8, 4) is 67.5 Å². The number of benzene rings is 6. The topological polar surface area (TPSA) is 50.9 Å². The van der Waals surface area contributed by atoms with E-state index in [-0.39, 0.29) is 11.2 Å². The summed E-state index contributed by atoms with van der Waals surface area (Å²) in [7, 11) is 0. The Kier molecular flexibility index (Phi) is 10.3. The van der Waals surface area contributed by atoms with Crippen LogP contribution in [0.2, 0.25) is 0 Å². The fourth-order valence-corrected chi connectivity index (χ4v) is 8.24. The molecule has 0 fully saturated rings. The summed E-state index contributed by atoms with van der Waals surface area (Å²) < 4.78 is 10.7. The molecule has 0 amide bonds. The maximum absolute atomic E-state index is 11.8. The Balaban J connectivity index is 1.37. The first-order chi connectivity index (χ1) is 28.5. The van der Waals surface area contributed by atoms with Crippen molar-refractivity contribution in [2.75, 3.05) is 0 Å². The van der Waals surface area contributed by atoms with Gasteiger partial charge in [0.1, 0.15) is 11.6 Å². The molecule has 8 aromatic rings. The third-order valence-corrected chi connectivity index (χ3v) is 11.4. The molecule has 0 spiro atoms. The summed E-state index contributed by atoms with van der Waals surface area (Å²) in [4.78, 5) is 10.5. The van der Waals surface area contributed by atoms with Gasteiger partial charge in [0.05, 0.1) is 28.0 Å². The first kappa shape index (κ1) is 38.3. The number of para-hydroxylation sites is 1. The van der Waals surface area contributed by atoms with Crippen molar-refractivity contribution in [3.63, 3.8) is 0 Å². The van der Waals surface area contributed by atoms with Gasteiger partial charge >= 0.3 is 0 Å². The van der Waals surface area contributed by atoms with E-state index in [1.807, 2.05) is 39.1 Å². The summed E-state index contributed by atoms with van der Waals surface area (Å²) >= 11 is 0. The summed E-state index contributed by atoms with van der Waals surface area (Å²) in [5.74, 6) is 0.778. The lowest BCUT2D eigenvalue weighted by molar-refractivity contribution is 0.472. The molecule has 296 valence electrons. The number of imidazole rings is 1. The largest absolute Gasteiger partial charge is 0.507 e. The molecule has 2 heterocycles. The van der Waals surface area contributed by atoms with E-state index in [4.69, 9.17) is 11.3 Å². The van der Waals surface area contributed by atoms with E-state index in [9.17, 15) is 5.11 Å². The van der Waals surface area contributed by atoms with Gasteiger partial charge in [0.25, 0.3) is 0 Å². The molecular weight excluding hydrogens is 719 g/mol. The predicted molar refractivity (Wildman–Crippen MR) is 249 cm³/mol. The van der Waals surface area contributed by atoms with E-state index in [0.29, 0.717) is 17.3 Å². The molecule has 4 nitrogen and oxygen atoms in total. The molecule has 0 unspecified atom stereocenters. The predicted octanol–water partition coefficient (Wildman–Crippen LogP) is 14.7. The minimum Gasteiger partial charge on any atom is -0.507 e. The van der Waals surface area contributed by atoms with E-state index >= 15 is 0 Å². The molecule has 6 aromatic carbocycles. The summed E-state index contributed by atoms with van der Waals surface area (Å²) in [6, 6.07) is 47.2. The highest BCUT2D eigenvalue weighted by molar-refractivity contribution is 5.98.